The van der Waals surface area contributed by atoms with Crippen LogP contribution in [0.2, 0.25) is 0 Å². The SMILES string of the molecule is c1cnc(N2CCN(C3CN(CC4CCOC4)C3)CC2)nc1. The smallest absolute Gasteiger partial charge is 0.225 e. The highest BCUT2D eigenvalue weighted by molar-refractivity contribution is 5.29. The third-order valence-corrected chi connectivity index (χ3v) is 5.14. The molecule has 3 aliphatic rings. The van der Waals surface area contributed by atoms with E-state index in [4.69, 9.17) is 4.74 Å². The minimum atomic E-state index is 0.751. The summed E-state index contributed by atoms with van der Waals surface area (Å²) in [5.74, 6) is 1.65. The Morgan fingerprint density at radius 3 is 2.55 bits per heavy atom. The van der Waals surface area contributed by atoms with Gasteiger partial charge in [0.05, 0.1) is 6.61 Å². The van der Waals surface area contributed by atoms with Crippen molar-refractivity contribution in [1.82, 2.24) is 19.8 Å². The number of aromatic nitrogens is 2. The molecule has 0 bridgehead atoms. The van der Waals surface area contributed by atoms with Gasteiger partial charge in [0, 0.05) is 70.9 Å². The van der Waals surface area contributed by atoms with Gasteiger partial charge >= 0.3 is 0 Å². The van der Waals surface area contributed by atoms with E-state index < -0.39 is 0 Å². The predicted molar refractivity (Wildman–Crippen MR) is 85.0 cm³/mol. The number of likely N-dealkylation sites (tertiary alicyclic amines) is 1. The normalized spacial score (nSPS) is 28.0. The summed E-state index contributed by atoms with van der Waals surface area (Å²) >= 11 is 0. The monoisotopic (exact) mass is 303 g/mol. The zero-order valence-electron chi connectivity index (χ0n) is 13.1. The molecule has 120 valence electrons. The molecule has 3 fully saturated rings. The first-order valence-corrected chi connectivity index (χ1v) is 8.44. The van der Waals surface area contributed by atoms with E-state index in [1.165, 1.54) is 26.1 Å². The summed E-state index contributed by atoms with van der Waals surface area (Å²) in [5.41, 5.74) is 0. The molecule has 6 nitrogen and oxygen atoms in total. The van der Waals surface area contributed by atoms with Crippen molar-refractivity contribution in [3.05, 3.63) is 18.5 Å². The number of hydrogen-bond acceptors (Lipinski definition) is 6. The van der Waals surface area contributed by atoms with Crippen LogP contribution in [0.25, 0.3) is 0 Å². The maximum Gasteiger partial charge on any atom is 0.225 e. The molecule has 0 spiro atoms. The van der Waals surface area contributed by atoms with Gasteiger partial charge in [-0.05, 0) is 18.4 Å². The Bertz CT molecular complexity index is 465. The summed E-state index contributed by atoms with van der Waals surface area (Å²) in [5, 5.41) is 0. The summed E-state index contributed by atoms with van der Waals surface area (Å²) in [7, 11) is 0. The Hall–Kier alpha value is -1.24. The van der Waals surface area contributed by atoms with Crippen molar-refractivity contribution in [2.45, 2.75) is 12.5 Å². The summed E-state index contributed by atoms with van der Waals surface area (Å²) in [6, 6.07) is 2.62. The molecule has 3 aliphatic heterocycles. The van der Waals surface area contributed by atoms with E-state index in [2.05, 4.69) is 24.7 Å². The van der Waals surface area contributed by atoms with Crippen LogP contribution in [-0.2, 0) is 4.74 Å². The molecule has 0 N–H and O–H groups in total. The fraction of sp³-hybridized carbons (Fsp3) is 0.750. The maximum absolute atomic E-state index is 5.47. The molecule has 22 heavy (non-hydrogen) atoms. The largest absolute Gasteiger partial charge is 0.381 e. The summed E-state index contributed by atoms with van der Waals surface area (Å²) in [4.78, 5) is 16.2. The summed E-state index contributed by atoms with van der Waals surface area (Å²) < 4.78 is 5.47. The van der Waals surface area contributed by atoms with Crippen LogP contribution in [0.4, 0.5) is 5.95 Å². The molecule has 0 radical (unpaired) electrons. The minimum absolute atomic E-state index is 0.751. The van der Waals surface area contributed by atoms with Gasteiger partial charge in [-0.25, -0.2) is 9.97 Å². The van der Waals surface area contributed by atoms with E-state index in [0.29, 0.717) is 0 Å². The van der Waals surface area contributed by atoms with Gasteiger partial charge in [-0.1, -0.05) is 0 Å². The molecule has 4 heterocycles. The second-order valence-electron chi connectivity index (χ2n) is 6.67. The van der Waals surface area contributed by atoms with E-state index in [-0.39, 0.29) is 0 Å². The molecule has 0 aliphatic carbocycles. The second-order valence-corrected chi connectivity index (χ2v) is 6.67. The molecule has 1 unspecified atom stereocenters. The molecule has 0 saturated carbocycles. The van der Waals surface area contributed by atoms with Gasteiger partial charge in [-0.3, -0.25) is 9.80 Å². The first-order valence-electron chi connectivity index (χ1n) is 8.44. The van der Waals surface area contributed by atoms with Gasteiger partial charge in [0.15, 0.2) is 0 Å². The summed E-state index contributed by atoms with van der Waals surface area (Å²) in [6.07, 6.45) is 4.90. The molecular weight excluding hydrogens is 278 g/mol. The van der Waals surface area contributed by atoms with Gasteiger partial charge < -0.3 is 9.64 Å². The van der Waals surface area contributed by atoms with Crippen LogP contribution in [0.3, 0.4) is 0 Å². The van der Waals surface area contributed by atoms with Crippen LogP contribution in [0.1, 0.15) is 6.42 Å². The number of ether oxygens (including phenoxy) is 1. The van der Waals surface area contributed by atoms with Crippen LogP contribution in [0.5, 0.6) is 0 Å². The van der Waals surface area contributed by atoms with Crippen LogP contribution < -0.4 is 4.90 Å². The lowest BCUT2D eigenvalue weighted by Crippen LogP contribution is -2.63. The number of nitrogens with zero attached hydrogens (tertiary/aromatic N) is 5. The molecule has 6 heteroatoms. The quantitative estimate of drug-likeness (QED) is 0.798. The number of rotatable bonds is 4. The van der Waals surface area contributed by atoms with E-state index in [1.807, 2.05) is 18.5 Å². The predicted octanol–water partition coefficient (Wildman–Crippen LogP) is 0.319. The third-order valence-electron chi connectivity index (χ3n) is 5.14. The molecule has 0 amide bonds. The average Bonchev–Trinajstić information content (AvgIpc) is 3.05. The molecule has 0 aromatic carbocycles. The van der Waals surface area contributed by atoms with Gasteiger partial charge in [-0.15, -0.1) is 0 Å². The van der Waals surface area contributed by atoms with Crippen LogP contribution in [-0.4, -0.2) is 84.8 Å². The lowest BCUT2D eigenvalue weighted by atomic mass is 10.0. The zero-order valence-corrected chi connectivity index (χ0v) is 13.1. The third kappa shape index (κ3) is 3.09. The fourth-order valence-electron chi connectivity index (χ4n) is 3.76. The first kappa shape index (κ1) is 14.4. The van der Waals surface area contributed by atoms with Crippen molar-refractivity contribution >= 4 is 5.95 Å². The van der Waals surface area contributed by atoms with Crippen molar-refractivity contribution in [3.63, 3.8) is 0 Å². The van der Waals surface area contributed by atoms with E-state index in [0.717, 1.165) is 57.3 Å². The Morgan fingerprint density at radius 1 is 1.09 bits per heavy atom. The Kier molecular flexibility index (Phi) is 4.23. The van der Waals surface area contributed by atoms with Crippen molar-refractivity contribution < 1.29 is 4.74 Å². The lowest BCUT2D eigenvalue weighted by molar-refractivity contribution is 0.0197. The second kappa shape index (κ2) is 6.48. The van der Waals surface area contributed by atoms with Gasteiger partial charge in [0.2, 0.25) is 5.95 Å². The van der Waals surface area contributed by atoms with E-state index >= 15 is 0 Å². The van der Waals surface area contributed by atoms with Gasteiger partial charge in [0.1, 0.15) is 0 Å². The molecule has 4 rings (SSSR count). The molecular formula is C16H25N5O. The van der Waals surface area contributed by atoms with Gasteiger partial charge in [-0.2, -0.15) is 0 Å². The minimum Gasteiger partial charge on any atom is -0.381 e. The van der Waals surface area contributed by atoms with Crippen molar-refractivity contribution in [1.29, 1.82) is 0 Å². The van der Waals surface area contributed by atoms with Crippen LogP contribution in [0, 0.1) is 5.92 Å². The number of anilines is 1. The number of piperazine rings is 1. The molecule has 1 atom stereocenters. The Morgan fingerprint density at radius 2 is 1.86 bits per heavy atom. The average molecular weight is 303 g/mol. The Labute approximate surface area is 132 Å². The van der Waals surface area contributed by atoms with Crippen LogP contribution in [0.15, 0.2) is 18.5 Å². The molecule has 1 aromatic heterocycles. The maximum atomic E-state index is 5.47. The first-order chi connectivity index (χ1) is 10.9. The highest BCUT2D eigenvalue weighted by atomic mass is 16.5. The molecule has 1 aromatic rings. The highest BCUT2D eigenvalue weighted by Crippen LogP contribution is 2.22. The standard InChI is InChI=1S/C16H25N5O/c1-3-17-16(18-4-1)21-7-5-20(6-8-21)15-11-19(12-15)10-14-2-9-22-13-14/h1,3-4,14-15H,2,5-13H2. The van der Waals surface area contributed by atoms with Crippen molar-refractivity contribution in [3.8, 4) is 0 Å². The van der Waals surface area contributed by atoms with E-state index in [9.17, 15) is 0 Å². The zero-order chi connectivity index (χ0) is 14.8. The topological polar surface area (TPSA) is 44.7 Å². The van der Waals surface area contributed by atoms with Crippen molar-refractivity contribution in [2.75, 3.05) is 63.9 Å². The molecule has 3 saturated heterocycles. The number of hydrogen-bond donors (Lipinski definition) is 0. The lowest BCUT2D eigenvalue weighted by Gasteiger charge is -2.48. The Balaban J connectivity index is 1.20. The summed E-state index contributed by atoms with van der Waals surface area (Å²) in [6.45, 7) is 9.97. The van der Waals surface area contributed by atoms with Crippen LogP contribution >= 0.6 is 0 Å². The highest BCUT2D eigenvalue weighted by Gasteiger charge is 2.35. The van der Waals surface area contributed by atoms with Gasteiger partial charge in [0.25, 0.3) is 0 Å². The van der Waals surface area contributed by atoms with Crippen molar-refractivity contribution in [2.24, 2.45) is 5.92 Å². The fourth-order valence-corrected chi connectivity index (χ4v) is 3.76. The van der Waals surface area contributed by atoms with E-state index in [1.54, 1.807) is 0 Å².